The van der Waals surface area contributed by atoms with Crippen molar-refractivity contribution in [3.05, 3.63) is 38.0 Å². The molecule has 0 saturated carbocycles. The minimum atomic E-state index is 0.0258. The first-order valence-electron chi connectivity index (χ1n) is 6.81. The van der Waals surface area contributed by atoms with E-state index < -0.39 is 0 Å². The first-order chi connectivity index (χ1) is 10.7. The lowest BCUT2D eigenvalue weighted by molar-refractivity contribution is 0.0740. The third-order valence-corrected chi connectivity index (χ3v) is 6.28. The van der Waals surface area contributed by atoms with Crippen molar-refractivity contribution < 1.29 is 4.79 Å². The number of thiophene rings is 1. The lowest BCUT2D eigenvalue weighted by atomic mass is 10.1. The molecule has 1 aliphatic heterocycles. The molecule has 22 heavy (non-hydrogen) atoms. The van der Waals surface area contributed by atoms with Crippen LogP contribution in [0.25, 0.3) is 10.6 Å². The summed E-state index contributed by atoms with van der Waals surface area (Å²) in [4.78, 5) is 22.0. The van der Waals surface area contributed by atoms with Gasteiger partial charge in [0.2, 0.25) is 0 Å². The first-order valence-corrected chi connectivity index (χ1v) is 9.28. The van der Waals surface area contributed by atoms with Crippen molar-refractivity contribution in [2.75, 3.05) is 6.54 Å². The molecule has 0 saturated heterocycles. The van der Waals surface area contributed by atoms with Gasteiger partial charge in [-0.25, -0.2) is 4.98 Å². The topological polar surface area (TPSA) is 59.0 Å². The molecule has 0 bridgehead atoms. The lowest BCUT2D eigenvalue weighted by Crippen LogP contribution is -2.34. The Morgan fingerprint density at radius 2 is 2.32 bits per heavy atom. The van der Waals surface area contributed by atoms with Crippen LogP contribution < -0.4 is 0 Å². The zero-order valence-corrected chi connectivity index (χ0v) is 14.2. The third kappa shape index (κ3) is 2.47. The number of nitrogens with zero attached hydrogens (tertiary/aromatic N) is 4. The summed E-state index contributed by atoms with van der Waals surface area (Å²) >= 11 is 4.62. The van der Waals surface area contributed by atoms with Gasteiger partial charge >= 0.3 is 0 Å². The SMILES string of the molecule is Cc1nc(-c2cc3c(s2)CCN(C(=O)c2cnns2)C3)cs1. The van der Waals surface area contributed by atoms with Gasteiger partial charge in [0.15, 0.2) is 0 Å². The van der Waals surface area contributed by atoms with Gasteiger partial charge in [-0.15, -0.1) is 27.8 Å². The fraction of sp³-hybridized carbons (Fsp3) is 0.286. The highest BCUT2D eigenvalue weighted by molar-refractivity contribution is 7.16. The van der Waals surface area contributed by atoms with Gasteiger partial charge in [0.05, 0.1) is 21.8 Å². The zero-order chi connectivity index (χ0) is 15.1. The van der Waals surface area contributed by atoms with Crippen LogP contribution in [-0.2, 0) is 13.0 Å². The van der Waals surface area contributed by atoms with E-state index in [2.05, 4.69) is 26.0 Å². The van der Waals surface area contributed by atoms with E-state index in [0.29, 0.717) is 11.4 Å². The number of rotatable bonds is 2. The van der Waals surface area contributed by atoms with E-state index in [-0.39, 0.29) is 5.91 Å². The Balaban J connectivity index is 1.59. The quantitative estimate of drug-likeness (QED) is 0.713. The maximum Gasteiger partial charge on any atom is 0.267 e. The van der Waals surface area contributed by atoms with Gasteiger partial charge in [0, 0.05) is 23.3 Å². The summed E-state index contributed by atoms with van der Waals surface area (Å²) in [7, 11) is 0. The lowest BCUT2D eigenvalue weighted by Gasteiger charge is -2.26. The molecule has 0 spiro atoms. The number of carbonyl (C=O) groups is 1. The summed E-state index contributed by atoms with van der Waals surface area (Å²) in [5, 5.41) is 6.92. The Labute approximate surface area is 139 Å². The van der Waals surface area contributed by atoms with Crippen molar-refractivity contribution in [2.45, 2.75) is 19.9 Å². The Kier molecular flexibility index (Phi) is 3.51. The molecule has 1 amide bonds. The highest BCUT2D eigenvalue weighted by Gasteiger charge is 2.25. The molecule has 1 aliphatic rings. The minimum absolute atomic E-state index is 0.0258. The molecular weight excluding hydrogens is 336 g/mol. The van der Waals surface area contributed by atoms with Crippen molar-refractivity contribution in [3.8, 4) is 10.6 Å². The highest BCUT2D eigenvalue weighted by Crippen LogP contribution is 2.35. The molecule has 0 N–H and O–H groups in total. The average molecular weight is 348 g/mol. The van der Waals surface area contributed by atoms with Crippen molar-refractivity contribution in [1.29, 1.82) is 0 Å². The van der Waals surface area contributed by atoms with Gasteiger partial charge in [-0.1, -0.05) is 4.49 Å². The average Bonchev–Trinajstić information content (AvgIpc) is 3.25. The van der Waals surface area contributed by atoms with E-state index in [1.807, 2.05) is 11.8 Å². The van der Waals surface area contributed by atoms with Crippen molar-refractivity contribution in [2.24, 2.45) is 0 Å². The van der Waals surface area contributed by atoms with Crippen LogP contribution in [0.5, 0.6) is 0 Å². The Bertz CT molecular complexity index is 821. The van der Waals surface area contributed by atoms with Gasteiger partial charge in [-0.2, -0.15) is 0 Å². The summed E-state index contributed by atoms with van der Waals surface area (Å²) in [6.45, 7) is 3.43. The Morgan fingerprint density at radius 1 is 1.41 bits per heavy atom. The second-order valence-electron chi connectivity index (χ2n) is 5.07. The zero-order valence-electron chi connectivity index (χ0n) is 11.8. The molecule has 0 aliphatic carbocycles. The molecule has 0 fully saturated rings. The second kappa shape index (κ2) is 5.53. The Morgan fingerprint density at radius 3 is 3.05 bits per heavy atom. The van der Waals surface area contributed by atoms with Crippen LogP contribution in [0, 0.1) is 6.92 Å². The third-order valence-electron chi connectivity index (χ3n) is 3.60. The molecule has 4 rings (SSSR count). The van der Waals surface area contributed by atoms with Gasteiger partial charge in [0.1, 0.15) is 4.88 Å². The van der Waals surface area contributed by atoms with E-state index in [4.69, 9.17) is 0 Å². The molecule has 4 heterocycles. The van der Waals surface area contributed by atoms with E-state index in [0.717, 1.165) is 35.2 Å². The van der Waals surface area contributed by atoms with Gasteiger partial charge in [0.25, 0.3) is 5.91 Å². The molecule has 0 unspecified atom stereocenters. The number of carbonyl (C=O) groups excluding carboxylic acids is 1. The van der Waals surface area contributed by atoms with Crippen LogP contribution in [0.4, 0.5) is 0 Å². The summed E-state index contributed by atoms with van der Waals surface area (Å²) in [6.07, 6.45) is 2.45. The Hall–Kier alpha value is -1.64. The molecule has 3 aromatic heterocycles. The van der Waals surface area contributed by atoms with Crippen LogP contribution in [0.2, 0.25) is 0 Å². The van der Waals surface area contributed by atoms with E-state index in [1.165, 1.54) is 15.3 Å². The van der Waals surface area contributed by atoms with Crippen LogP contribution >= 0.6 is 34.2 Å². The van der Waals surface area contributed by atoms with Crippen molar-refractivity contribution >= 4 is 40.1 Å². The number of hydrogen-bond donors (Lipinski definition) is 0. The first kappa shape index (κ1) is 14.0. The van der Waals surface area contributed by atoms with Crippen molar-refractivity contribution in [1.82, 2.24) is 19.5 Å². The maximum absolute atomic E-state index is 12.4. The second-order valence-corrected chi connectivity index (χ2v) is 8.05. The fourth-order valence-electron chi connectivity index (χ4n) is 2.53. The number of amides is 1. The molecular formula is C14H12N4OS3. The number of aryl methyl sites for hydroxylation is 1. The maximum atomic E-state index is 12.4. The van der Waals surface area contributed by atoms with Crippen LogP contribution in [0.1, 0.15) is 25.1 Å². The number of aromatic nitrogens is 3. The molecule has 112 valence electrons. The van der Waals surface area contributed by atoms with Crippen LogP contribution in [0.3, 0.4) is 0 Å². The number of fused-ring (bicyclic) bond motifs is 1. The van der Waals surface area contributed by atoms with Gasteiger partial charge in [-0.3, -0.25) is 4.79 Å². The number of hydrogen-bond acceptors (Lipinski definition) is 7. The van der Waals surface area contributed by atoms with Gasteiger partial charge in [-0.05, 0) is 36.5 Å². The normalized spacial score (nSPS) is 14.1. The van der Waals surface area contributed by atoms with E-state index >= 15 is 0 Å². The summed E-state index contributed by atoms with van der Waals surface area (Å²) < 4.78 is 3.77. The summed E-state index contributed by atoms with van der Waals surface area (Å²) in [6, 6.07) is 2.18. The molecule has 3 aromatic rings. The standard InChI is InChI=1S/C14H12N4OS3/c1-8-16-10(7-20-8)12-4-9-6-18(3-2-11(9)21-12)14(19)13-5-15-17-22-13/h4-5,7H,2-3,6H2,1H3. The smallest absolute Gasteiger partial charge is 0.267 e. The predicted molar refractivity (Wildman–Crippen MR) is 88.5 cm³/mol. The number of thiazole rings is 1. The van der Waals surface area contributed by atoms with E-state index in [1.54, 1.807) is 28.9 Å². The van der Waals surface area contributed by atoms with E-state index in [9.17, 15) is 4.79 Å². The largest absolute Gasteiger partial charge is 0.333 e. The van der Waals surface area contributed by atoms with Crippen LogP contribution in [0.15, 0.2) is 17.6 Å². The predicted octanol–water partition coefficient (Wildman–Crippen LogP) is 3.23. The molecule has 0 aromatic carbocycles. The van der Waals surface area contributed by atoms with Crippen molar-refractivity contribution in [3.63, 3.8) is 0 Å². The molecule has 5 nitrogen and oxygen atoms in total. The fourth-order valence-corrected chi connectivity index (χ4v) is 4.82. The molecule has 0 radical (unpaired) electrons. The molecule has 8 heteroatoms. The summed E-state index contributed by atoms with van der Waals surface area (Å²) in [5.74, 6) is 0.0258. The highest BCUT2D eigenvalue weighted by atomic mass is 32.1. The molecule has 0 atom stereocenters. The summed E-state index contributed by atoms with van der Waals surface area (Å²) in [5.41, 5.74) is 2.29. The van der Waals surface area contributed by atoms with Gasteiger partial charge < -0.3 is 4.90 Å². The monoisotopic (exact) mass is 348 g/mol. The minimum Gasteiger partial charge on any atom is -0.333 e. The van der Waals surface area contributed by atoms with Crippen LogP contribution in [-0.4, -0.2) is 31.9 Å².